The second-order valence-corrected chi connectivity index (χ2v) is 8.92. The van der Waals surface area contributed by atoms with Crippen molar-refractivity contribution in [1.29, 1.82) is 0 Å². The first-order valence-electron chi connectivity index (χ1n) is 11.8. The van der Waals surface area contributed by atoms with E-state index in [1.165, 1.54) is 38.8 Å². The van der Waals surface area contributed by atoms with Gasteiger partial charge in [-0.25, -0.2) is 4.98 Å². The molecule has 1 unspecified atom stereocenters. The third-order valence-corrected chi connectivity index (χ3v) is 6.54. The fourth-order valence-electron chi connectivity index (χ4n) is 4.71. The van der Waals surface area contributed by atoms with Gasteiger partial charge in [0.15, 0.2) is 0 Å². The number of pyridine rings is 1. The number of rotatable bonds is 7. The van der Waals surface area contributed by atoms with Crippen molar-refractivity contribution in [1.82, 2.24) is 14.8 Å². The average molecular weight is 430 g/mol. The van der Waals surface area contributed by atoms with Crippen LogP contribution < -0.4 is 10.2 Å². The van der Waals surface area contributed by atoms with Gasteiger partial charge in [-0.2, -0.15) is 0 Å². The Hall–Kier alpha value is -2.19. The van der Waals surface area contributed by atoms with Gasteiger partial charge in [0.1, 0.15) is 5.82 Å². The second kappa shape index (κ2) is 10.4. The van der Waals surface area contributed by atoms with Crippen LogP contribution in [-0.2, 0) is 9.53 Å². The van der Waals surface area contributed by atoms with Crippen LogP contribution in [0.3, 0.4) is 0 Å². The predicted octanol–water partition coefficient (Wildman–Crippen LogP) is 2.36. The van der Waals surface area contributed by atoms with Gasteiger partial charge in [-0.15, -0.1) is 0 Å². The van der Waals surface area contributed by atoms with Crippen LogP contribution >= 0.6 is 0 Å². The Bertz CT molecular complexity index is 772. The Morgan fingerprint density at radius 3 is 2.81 bits per heavy atom. The summed E-state index contributed by atoms with van der Waals surface area (Å²) < 4.78 is 5.72. The first-order chi connectivity index (χ1) is 15.1. The third kappa shape index (κ3) is 5.54. The van der Waals surface area contributed by atoms with E-state index in [1.807, 2.05) is 7.05 Å². The van der Waals surface area contributed by atoms with Gasteiger partial charge in [-0.05, 0) is 57.8 Å². The van der Waals surface area contributed by atoms with Gasteiger partial charge in [0.2, 0.25) is 5.91 Å². The zero-order chi connectivity index (χ0) is 21.6. The summed E-state index contributed by atoms with van der Waals surface area (Å²) in [5, 5.41) is 3.06. The maximum Gasteiger partial charge on any atom is 0.255 e. The van der Waals surface area contributed by atoms with Crippen LogP contribution in [0.1, 0.15) is 55.3 Å². The zero-order valence-corrected chi connectivity index (χ0v) is 18.6. The molecule has 1 N–H and O–H groups in total. The first kappa shape index (κ1) is 22.0. The van der Waals surface area contributed by atoms with Crippen molar-refractivity contribution in [3.8, 4) is 0 Å². The van der Waals surface area contributed by atoms with E-state index in [-0.39, 0.29) is 24.5 Å². The fourth-order valence-corrected chi connectivity index (χ4v) is 4.71. The quantitative estimate of drug-likeness (QED) is 0.717. The first-order valence-corrected chi connectivity index (χ1v) is 11.8. The molecule has 0 bridgehead atoms. The number of carbonyl (C=O) groups is 2. The molecule has 2 fully saturated rings. The molecular weight excluding hydrogens is 394 g/mol. The van der Waals surface area contributed by atoms with Crippen LogP contribution in [0, 0.1) is 0 Å². The SMILES string of the molecule is CN(CCCN1CCCCCC1)C(=O)c1cnc2c(c1)N(CC1CCCO1)C(=O)CN2. The summed E-state index contributed by atoms with van der Waals surface area (Å²) in [5.41, 5.74) is 1.19. The predicted molar refractivity (Wildman–Crippen MR) is 121 cm³/mol. The Morgan fingerprint density at radius 2 is 2.06 bits per heavy atom. The third-order valence-electron chi connectivity index (χ3n) is 6.54. The van der Waals surface area contributed by atoms with E-state index < -0.39 is 0 Å². The number of hydrogen-bond acceptors (Lipinski definition) is 6. The molecule has 0 aliphatic carbocycles. The van der Waals surface area contributed by atoms with Gasteiger partial charge in [0.25, 0.3) is 5.91 Å². The summed E-state index contributed by atoms with van der Waals surface area (Å²) in [6.07, 6.45) is 9.84. The molecule has 1 aromatic rings. The van der Waals surface area contributed by atoms with Gasteiger partial charge in [-0.1, -0.05) is 12.8 Å². The lowest BCUT2D eigenvalue weighted by molar-refractivity contribution is -0.117. The summed E-state index contributed by atoms with van der Waals surface area (Å²) in [6, 6.07) is 1.80. The van der Waals surface area contributed by atoms with Crippen molar-refractivity contribution >= 4 is 23.3 Å². The highest BCUT2D eigenvalue weighted by Gasteiger charge is 2.30. The number of fused-ring (bicyclic) bond motifs is 1. The Labute approximate surface area is 184 Å². The number of aromatic nitrogens is 1. The maximum atomic E-state index is 13.0. The average Bonchev–Trinajstić information content (AvgIpc) is 3.16. The van der Waals surface area contributed by atoms with E-state index >= 15 is 0 Å². The molecule has 4 rings (SSSR count). The molecule has 31 heavy (non-hydrogen) atoms. The number of amides is 2. The number of carbonyl (C=O) groups excluding carboxylic acids is 2. The molecule has 4 heterocycles. The van der Waals surface area contributed by atoms with Crippen molar-refractivity contribution in [2.75, 3.05) is 63.1 Å². The molecule has 2 amide bonds. The van der Waals surface area contributed by atoms with Gasteiger partial charge in [-0.3, -0.25) is 9.59 Å². The van der Waals surface area contributed by atoms with E-state index in [2.05, 4.69) is 15.2 Å². The highest BCUT2D eigenvalue weighted by molar-refractivity contribution is 6.04. The lowest BCUT2D eigenvalue weighted by atomic mass is 10.1. The van der Waals surface area contributed by atoms with Crippen molar-refractivity contribution < 1.29 is 14.3 Å². The lowest BCUT2D eigenvalue weighted by Crippen LogP contribution is -2.44. The van der Waals surface area contributed by atoms with Crippen LogP contribution in [0.5, 0.6) is 0 Å². The van der Waals surface area contributed by atoms with Gasteiger partial charge in [0.05, 0.1) is 30.4 Å². The minimum absolute atomic E-state index is 0.0137. The lowest BCUT2D eigenvalue weighted by Gasteiger charge is -2.31. The van der Waals surface area contributed by atoms with Crippen LogP contribution in [0.2, 0.25) is 0 Å². The van der Waals surface area contributed by atoms with Crippen molar-refractivity contribution in [3.05, 3.63) is 17.8 Å². The van der Waals surface area contributed by atoms with E-state index in [0.29, 0.717) is 30.2 Å². The molecule has 0 aromatic carbocycles. The Morgan fingerprint density at radius 1 is 1.26 bits per heavy atom. The van der Waals surface area contributed by atoms with Gasteiger partial charge in [0, 0.05) is 26.4 Å². The fraction of sp³-hybridized carbons (Fsp3) is 0.696. The summed E-state index contributed by atoms with van der Waals surface area (Å²) in [5.74, 6) is 0.583. The minimum atomic E-state index is -0.0544. The Balaban J connectivity index is 1.37. The zero-order valence-electron chi connectivity index (χ0n) is 18.6. The second-order valence-electron chi connectivity index (χ2n) is 8.92. The highest BCUT2D eigenvalue weighted by Crippen LogP contribution is 2.30. The van der Waals surface area contributed by atoms with Crippen LogP contribution in [0.4, 0.5) is 11.5 Å². The van der Waals surface area contributed by atoms with Crippen LogP contribution in [0.25, 0.3) is 0 Å². The van der Waals surface area contributed by atoms with Crippen molar-refractivity contribution in [3.63, 3.8) is 0 Å². The molecule has 3 aliphatic heterocycles. The monoisotopic (exact) mass is 429 g/mol. The molecular formula is C23H35N5O3. The Kier molecular flexibility index (Phi) is 7.40. The minimum Gasteiger partial charge on any atom is -0.376 e. The molecule has 1 atom stereocenters. The van der Waals surface area contributed by atoms with Crippen LogP contribution in [-0.4, -0.2) is 85.6 Å². The summed E-state index contributed by atoms with van der Waals surface area (Å²) in [6.45, 7) is 5.57. The van der Waals surface area contributed by atoms with Crippen molar-refractivity contribution in [2.24, 2.45) is 0 Å². The number of hydrogen-bond donors (Lipinski definition) is 1. The smallest absolute Gasteiger partial charge is 0.255 e. The van der Waals surface area contributed by atoms with Gasteiger partial charge >= 0.3 is 0 Å². The molecule has 3 aliphatic rings. The van der Waals surface area contributed by atoms with E-state index in [9.17, 15) is 9.59 Å². The number of anilines is 2. The molecule has 8 heteroatoms. The van der Waals surface area contributed by atoms with E-state index in [0.717, 1.165) is 32.4 Å². The highest BCUT2D eigenvalue weighted by atomic mass is 16.5. The molecule has 0 radical (unpaired) electrons. The normalized spacial score (nSPS) is 22.0. The number of likely N-dealkylation sites (tertiary alicyclic amines) is 1. The number of nitrogens with zero attached hydrogens (tertiary/aromatic N) is 4. The molecule has 2 saturated heterocycles. The van der Waals surface area contributed by atoms with E-state index in [4.69, 9.17) is 4.74 Å². The summed E-state index contributed by atoms with van der Waals surface area (Å²) in [7, 11) is 1.84. The standard InChI is InChI=1S/C23H35N5O3/c1-26(9-7-12-27-10-4-2-3-5-11-27)23(30)18-14-20-22(24-15-18)25-16-21(29)28(20)17-19-8-6-13-31-19/h14-15,19H,2-13,16-17H2,1H3,(H,24,25). The molecule has 1 aromatic heterocycles. The van der Waals surface area contributed by atoms with E-state index in [1.54, 1.807) is 22.1 Å². The molecule has 170 valence electrons. The molecule has 0 spiro atoms. The largest absolute Gasteiger partial charge is 0.376 e. The van der Waals surface area contributed by atoms with Gasteiger partial charge < -0.3 is 24.8 Å². The maximum absolute atomic E-state index is 13.0. The number of nitrogens with one attached hydrogen (secondary N) is 1. The summed E-state index contributed by atoms with van der Waals surface area (Å²) >= 11 is 0. The topological polar surface area (TPSA) is 78.0 Å². The number of ether oxygens (including phenoxy) is 1. The van der Waals surface area contributed by atoms with Crippen molar-refractivity contribution in [2.45, 2.75) is 51.0 Å². The molecule has 0 saturated carbocycles. The summed E-state index contributed by atoms with van der Waals surface area (Å²) in [4.78, 5) is 36.0. The van der Waals surface area contributed by atoms with Crippen LogP contribution in [0.15, 0.2) is 12.3 Å². The molecule has 8 nitrogen and oxygen atoms in total.